The van der Waals surface area contributed by atoms with Gasteiger partial charge >= 0.3 is 5.69 Å². The lowest BCUT2D eigenvalue weighted by Gasteiger charge is -2.38. The fraction of sp³-hybridized carbons (Fsp3) is 0.562. The van der Waals surface area contributed by atoms with Crippen LogP contribution in [0.4, 0.5) is 0 Å². The minimum Gasteiger partial charge on any atom is -0.388 e. The smallest absolute Gasteiger partial charge is 0.328 e. The largest absolute Gasteiger partial charge is 0.388 e. The maximum Gasteiger partial charge on any atom is 0.328 e. The summed E-state index contributed by atoms with van der Waals surface area (Å²) in [7, 11) is 0. The molecule has 0 spiro atoms. The van der Waals surface area contributed by atoms with E-state index in [1.165, 1.54) is 6.33 Å². The number of halogens is 1. The number of carbonyl (C=O) groups is 1. The lowest BCUT2D eigenvalue weighted by molar-refractivity contribution is -0.158. The van der Waals surface area contributed by atoms with Crippen LogP contribution >= 0.6 is 11.6 Å². The van der Waals surface area contributed by atoms with Gasteiger partial charge in [0, 0.05) is 19.2 Å². The average molecular weight is 429 g/mol. The number of amides is 1. The zero-order valence-corrected chi connectivity index (χ0v) is 16.0. The van der Waals surface area contributed by atoms with Gasteiger partial charge in [-0.15, -0.1) is 0 Å². The predicted molar refractivity (Wildman–Crippen MR) is 99.3 cm³/mol. The van der Waals surface area contributed by atoms with Gasteiger partial charge in [-0.05, 0) is 6.42 Å². The van der Waals surface area contributed by atoms with Crippen molar-refractivity contribution in [1.29, 1.82) is 0 Å². The Balaban J connectivity index is 1.51. The fourth-order valence-corrected chi connectivity index (χ4v) is 3.18. The molecule has 1 fully saturated rings. The zero-order valence-electron chi connectivity index (χ0n) is 15.3. The normalized spacial score (nSPS) is 24.4. The molecule has 1 saturated heterocycles. The average Bonchev–Trinajstić information content (AvgIpc) is 3.19. The highest BCUT2D eigenvalue weighted by Crippen LogP contribution is 2.17. The number of nitrogens with zero attached hydrogens (tertiary/aromatic N) is 4. The molecule has 13 heteroatoms. The third-order valence-electron chi connectivity index (χ3n) is 4.58. The monoisotopic (exact) mass is 428 g/mol. The number of aliphatic hydroxyl groups excluding tert-OH is 2. The summed E-state index contributed by atoms with van der Waals surface area (Å²) >= 11 is 5.71. The summed E-state index contributed by atoms with van der Waals surface area (Å²) < 4.78 is 8.20. The number of aromatic amines is 1. The van der Waals surface area contributed by atoms with Crippen LogP contribution in [0.5, 0.6) is 0 Å². The molecule has 4 atom stereocenters. The second-order valence-corrected chi connectivity index (χ2v) is 7.08. The first-order chi connectivity index (χ1) is 13.8. The van der Waals surface area contributed by atoms with Crippen LogP contribution in [0.25, 0.3) is 0 Å². The van der Waals surface area contributed by atoms with Gasteiger partial charge in [-0.25, -0.2) is 9.78 Å². The first kappa shape index (κ1) is 21.2. The number of carbonyl (C=O) groups excluding carboxylic acids is 1. The zero-order chi connectivity index (χ0) is 21.0. The lowest BCUT2D eigenvalue weighted by Crippen LogP contribution is -2.60. The summed E-state index contributed by atoms with van der Waals surface area (Å²) in [6, 6.07) is -0.795. The standard InChI is InChI=1S/C16H21ClN6O6/c17-9-4-22(16(28)21-15(9)27)5-11-14(26)13(25)10(6-29-11)20-12(24)2-1-3-23-8-18-7-19-23/h4,7-8,10-11,13-14,25-26H,1-3,5-6H2,(H,20,24)(H,21,27,28)/t10-,11-,13+,14-/m1/s1. The molecule has 4 N–H and O–H groups in total. The third kappa shape index (κ3) is 5.29. The van der Waals surface area contributed by atoms with Crippen molar-refractivity contribution >= 4 is 17.5 Å². The highest BCUT2D eigenvalue weighted by atomic mass is 35.5. The molecule has 2 aromatic heterocycles. The highest BCUT2D eigenvalue weighted by Gasteiger charge is 2.39. The molecule has 1 amide bonds. The number of H-pyrrole nitrogens is 1. The first-order valence-electron chi connectivity index (χ1n) is 8.94. The molecule has 2 aromatic rings. The number of hydrogen-bond acceptors (Lipinski definition) is 8. The van der Waals surface area contributed by atoms with Crippen molar-refractivity contribution < 1.29 is 19.7 Å². The van der Waals surface area contributed by atoms with Gasteiger partial charge in [-0.3, -0.25) is 23.8 Å². The van der Waals surface area contributed by atoms with Crippen molar-refractivity contribution in [2.24, 2.45) is 0 Å². The van der Waals surface area contributed by atoms with Crippen LogP contribution in [-0.4, -0.2) is 71.4 Å². The van der Waals surface area contributed by atoms with E-state index in [2.05, 4.69) is 15.4 Å². The minimum atomic E-state index is -1.36. The van der Waals surface area contributed by atoms with Gasteiger partial charge in [0.05, 0.1) is 19.2 Å². The molecule has 0 aromatic carbocycles. The minimum absolute atomic E-state index is 0.0520. The molecule has 1 aliphatic heterocycles. The summed E-state index contributed by atoms with van der Waals surface area (Å²) in [6.07, 6.45) is 1.24. The van der Waals surface area contributed by atoms with Gasteiger partial charge in [0.15, 0.2) is 0 Å². The summed E-state index contributed by atoms with van der Waals surface area (Å²) in [6.45, 7) is 0.341. The molecule has 0 radical (unpaired) electrons. The number of ether oxygens (including phenoxy) is 1. The Bertz CT molecular complexity index is 944. The predicted octanol–water partition coefficient (Wildman–Crippen LogP) is -2.13. The van der Waals surface area contributed by atoms with E-state index in [1.807, 2.05) is 4.98 Å². The molecule has 0 unspecified atom stereocenters. The number of aromatic nitrogens is 5. The highest BCUT2D eigenvalue weighted by molar-refractivity contribution is 6.30. The van der Waals surface area contributed by atoms with E-state index in [9.17, 15) is 24.6 Å². The van der Waals surface area contributed by atoms with E-state index in [0.29, 0.717) is 13.0 Å². The molecule has 158 valence electrons. The van der Waals surface area contributed by atoms with Crippen LogP contribution in [0.15, 0.2) is 28.4 Å². The first-order valence-corrected chi connectivity index (χ1v) is 9.31. The fourth-order valence-electron chi connectivity index (χ4n) is 3.01. The van der Waals surface area contributed by atoms with Crippen LogP contribution in [0.2, 0.25) is 5.02 Å². The number of rotatable bonds is 7. The molecule has 29 heavy (non-hydrogen) atoms. The van der Waals surface area contributed by atoms with Gasteiger partial charge in [0.1, 0.15) is 36.0 Å². The molecule has 12 nitrogen and oxygen atoms in total. The molecule has 0 saturated carbocycles. The van der Waals surface area contributed by atoms with E-state index in [4.69, 9.17) is 16.3 Å². The maximum atomic E-state index is 12.1. The second kappa shape index (κ2) is 9.31. The Morgan fingerprint density at radius 3 is 2.90 bits per heavy atom. The van der Waals surface area contributed by atoms with E-state index in [-0.39, 0.29) is 30.5 Å². The lowest BCUT2D eigenvalue weighted by atomic mass is 9.97. The summed E-state index contributed by atoms with van der Waals surface area (Å²) in [5, 5.41) is 27.1. The number of nitrogens with one attached hydrogen (secondary N) is 2. The molecule has 3 heterocycles. The Hall–Kier alpha value is -2.54. The van der Waals surface area contributed by atoms with Crippen molar-refractivity contribution in [2.45, 2.75) is 50.3 Å². The van der Waals surface area contributed by atoms with Crippen molar-refractivity contribution in [1.82, 2.24) is 29.6 Å². The number of aliphatic hydroxyl groups is 2. The van der Waals surface area contributed by atoms with Crippen LogP contribution in [0, 0.1) is 0 Å². The van der Waals surface area contributed by atoms with E-state index in [1.54, 1.807) is 11.0 Å². The Labute approximate surface area is 169 Å². The van der Waals surface area contributed by atoms with Gasteiger partial charge in [-0.2, -0.15) is 5.10 Å². The van der Waals surface area contributed by atoms with Crippen molar-refractivity contribution in [3.8, 4) is 0 Å². The van der Waals surface area contributed by atoms with Crippen molar-refractivity contribution in [2.75, 3.05) is 6.61 Å². The van der Waals surface area contributed by atoms with Gasteiger partial charge < -0.3 is 20.3 Å². The molecule has 1 aliphatic rings. The topological polar surface area (TPSA) is 164 Å². The molecule has 0 aliphatic carbocycles. The quantitative estimate of drug-likeness (QED) is 0.388. The Morgan fingerprint density at radius 1 is 1.38 bits per heavy atom. The van der Waals surface area contributed by atoms with Crippen molar-refractivity contribution in [3.63, 3.8) is 0 Å². The SMILES string of the molecule is O=C(CCCn1cncn1)N[C@@H]1CO[C@H](Cn2cc(Cl)c(=O)[nH]c2=O)[C@@H](O)[C@H]1O. The second-order valence-electron chi connectivity index (χ2n) is 6.68. The summed E-state index contributed by atoms with van der Waals surface area (Å²) in [5.74, 6) is -0.299. The maximum absolute atomic E-state index is 12.1. The van der Waals surface area contributed by atoms with Crippen LogP contribution in [0.1, 0.15) is 12.8 Å². The molecular weight excluding hydrogens is 408 g/mol. The van der Waals surface area contributed by atoms with Gasteiger partial charge in [0.2, 0.25) is 5.91 Å². The number of aryl methyl sites for hydroxylation is 1. The molecule has 3 rings (SSSR count). The Kier molecular flexibility index (Phi) is 6.79. The van der Waals surface area contributed by atoms with Gasteiger partial charge in [0.25, 0.3) is 5.56 Å². The Morgan fingerprint density at radius 2 is 2.17 bits per heavy atom. The van der Waals surface area contributed by atoms with Crippen molar-refractivity contribution in [3.05, 3.63) is 44.7 Å². The third-order valence-corrected chi connectivity index (χ3v) is 4.85. The van der Waals surface area contributed by atoms with E-state index in [0.717, 1.165) is 10.8 Å². The van der Waals surface area contributed by atoms with Crippen LogP contribution in [0.3, 0.4) is 0 Å². The van der Waals surface area contributed by atoms with E-state index >= 15 is 0 Å². The van der Waals surface area contributed by atoms with Crippen LogP contribution < -0.4 is 16.6 Å². The molecule has 0 bridgehead atoms. The summed E-state index contributed by atoms with van der Waals surface area (Å²) in [5.41, 5.74) is -1.43. The van der Waals surface area contributed by atoms with Crippen LogP contribution in [-0.2, 0) is 22.6 Å². The van der Waals surface area contributed by atoms with Gasteiger partial charge in [-0.1, -0.05) is 11.6 Å². The molecular formula is C16H21ClN6O6. The number of hydrogen-bond donors (Lipinski definition) is 4. The summed E-state index contributed by atoms with van der Waals surface area (Å²) in [4.78, 5) is 41.1. The van der Waals surface area contributed by atoms with E-state index < -0.39 is 35.6 Å².